The van der Waals surface area contributed by atoms with Crippen molar-refractivity contribution < 1.29 is 29.6 Å². The van der Waals surface area contributed by atoms with Gasteiger partial charge in [-0.05, 0) is 0 Å². The first-order valence-electron chi connectivity index (χ1n) is 1.32. The van der Waals surface area contributed by atoms with E-state index in [-0.39, 0.29) is 35.7 Å². The SMILES string of the molecule is N.N#CS.N#CS.N#C[S-].[Na+]. The average molecular weight is 216 g/mol. The third-order valence-electron chi connectivity index (χ3n) is 0. The predicted molar refractivity (Wildman–Crippen MR) is 47.2 cm³/mol. The molecule has 0 aliphatic carbocycles. The fourth-order valence-corrected chi connectivity index (χ4v) is 0. The van der Waals surface area contributed by atoms with Crippen LogP contribution in [0.5, 0.6) is 0 Å². The van der Waals surface area contributed by atoms with Crippen molar-refractivity contribution >= 4 is 37.9 Å². The molecule has 0 aromatic carbocycles. The minimum Gasteiger partial charge on any atom is -0.696 e. The third-order valence-corrected chi connectivity index (χ3v) is 0. The molecule has 8 heteroatoms. The van der Waals surface area contributed by atoms with Gasteiger partial charge in [0.2, 0.25) is 0 Å². The van der Waals surface area contributed by atoms with Crippen LogP contribution < -0.4 is 35.7 Å². The molecule has 0 aliphatic heterocycles. The van der Waals surface area contributed by atoms with Crippen LogP contribution in [0.1, 0.15) is 0 Å². The van der Waals surface area contributed by atoms with E-state index in [0.29, 0.717) is 0 Å². The monoisotopic (exact) mass is 216 g/mol. The van der Waals surface area contributed by atoms with Crippen LogP contribution in [0.25, 0.3) is 0 Å². The van der Waals surface area contributed by atoms with Gasteiger partial charge in [0, 0.05) is 0 Å². The van der Waals surface area contributed by atoms with Gasteiger partial charge in [-0.25, -0.2) is 5.26 Å². The minimum atomic E-state index is 0. The van der Waals surface area contributed by atoms with E-state index in [9.17, 15) is 0 Å². The molecule has 0 spiro atoms. The van der Waals surface area contributed by atoms with E-state index in [4.69, 9.17) is 15.8 Å². The molecule has 0 aromatic heterocycles. The van der Waals surface area contributed by atoms with Gasteiger partial charge in [0.1, 0.15) is 10.8 Å². The summed E-state index contributed by atoms with van der Waals surface area (Å²) in [4.78, 5) is 0. The first-order chi connectivity index (χ1) is 4.24. The Balaban J connectivity index is -0.0000000150. The third kappa shape index (κ3) is 5890. The predicted octanol–water partition coefficient (Wildman–Crippen LogP) is -2.03. The molecular formula is C3H5N4NaS3. The number of hydrogen-bond donors (Lipinski definition) is 3. The van der Waals surface area contributed by atoms with Crippen molar-refractivity contribution in [2.24, 2.45) is 0 Å². The van der Waals surface area contributed by atoms with Crippen LogP contribution in [0.2, 0.25) is 0 Å². The molecule has 0 saturated carbocycles. The molecular weight excluding hydrogens is 211 g/mol. The Morgan fingerprint density at radius 1 is 1.00 bits per heavy atom. The topological polar surface area (TPSA) is 106 Å². The molecule has 11 heavy (non-hydrogen) atoms. The van der Waals surface area contributed by atoms with Gasteiger partial charge in [0.25, 0.3) is 0 Å². The van der Waals surface area contributed by atoms with Gasteiger partial charge in [-0.15, -0.1) is 0 Å². The second kappa shape index (κ2) is 80.6. The summed E-state index contributed by atoms with van der Waals surface area (Å²) in [7, 11) is 0. The molecule has 56 valence electrons. The van der Waals surface area contributed by atoms with Gasteiger partial charge in [0.05, 0.1) is 0 Å². The van der Waals surface area contributed by atoms with Crippen molar-refractivity contribution in [1.82, 2.24) is 6.15 Å². The molecule has 0 atom stereocenters. The van der Waals surface area contributed by atoms with E-state index in [1.54, 1.807) is 0 Å². The average Bonchev–Trinajstić information content (AvgIpc) is 1.70. The van der Waals surface area contributed by atoms with Crippen molar-refractivity contribution in [1.29, 1.82) is 15.8 Å². The zero-order chi connectivity index (χ0) is 8.12. The summed E-state index contributed by atoms with van der Waals surface area (Å²) >= 11 is 9.89. The Bertz CT molecular complexity index is 114. The van der Waals surface area contributed by atoms with Crippen LogP contribution in [-0.4, -0.2) is 0 Å². The van der Waals surface area contributed by atoms with Crippen molar-refractivity contribution in [2.75, 3.05) is 0 Å². The Labute approximate surface area is 105 Å². The van der Waals surface area contributed by atoms with Crippen LogP contribution in [0, 0.1) is 32.0 Å². The van der Waals surface area contributed by atoms with Gasteiger partial charge in [-0.2, -0.15) is 10.5 Å². The molecule has 3 N–H and O–H groups in total. The maximum absolute atomic E-state index is 7.18. The quantitative estimate of drug-likeness (QED) is 0.187. The summed E-state index contributed by atoms with van der Waals surface area (Å²) in [6.45, 7) is 0. The van der Waals surface area contributed by atoms with Gasteiger partial charge in [-0.1, -0.05) is 30.7 Å². The summed E-state index contributed by atoms with van der Waals surface area (Å²) in [5, 5.41) is 25.7. The molecule has 0 heterocycles. The molecule has 0 saturated heterocycles. The normalized spacial score (nSPS) is 2.09. The number of thiocyanates is 3. The maximum Gasteiger partial charge on any atom is 1.00 e. The zero-order valence-electron chi connectivity index (χ0n) is 5.85. The molecule has 0 rings (SSSR count). The number of nitrogens with zero attached hydrogens (tertiary/aromatic N) is 3. The number of thiol groups is 2. The molecule has 0 radical (unpaired) electrons. The maximum atomic E-state index is 7.18. The first kappa shape index (κ1) is 30.2. The minimum absolute atomic E-state index is 0. The second-order valence-corrected chi connectivity index (χ2v) is 0.874. The largest absolute Gasteiger partial charge is 1.00 e. The number of hydrogen-bond acceptors (Lipinski definition) is 7. The summed E-state index contributed by atoms with van der Waals surface area (Å²) in [5.41, 5.74) is 0. The van der Waals surface area contributed by atoms with Gasteiger partial charge in [-0.3, -0.25) is 0 Å². The van der Waals surface area contributed by atoms with E-state index >= 15 is 0 Å². The Morgan fingerprint density at radius 3 is 1.00 bits per heavy atom. The molecule has 0 aliphatic rings. The van der Waals surface area contributed by atoms with E-state index < -0.39 is 0 Å². The fourth-order valence-electron chi connectivity index (χ4n) is 0. The number of rotatable bonds is 0. The van der Waals surface area contributed by atoms with E-state index in [0.717, 1.165) is 0 Å². The second-order valence-electron chi connectivity index (χ2n) is 0.291. The van der Waals surface area contributed by atoms with Gasteiger partial charge < -0.3 is 18.8 Å². The number of nitriles is 3. The van der Waals surface area contributed by atoms with Crippen molar-refractivity contribution in [3.63, 3.8) is 0 Å². The van der Waals surface area contributed by atoms with E-state index in [2.05, 4.69) is 37.9 Å². The Morgan fingerprint density at radius 2 is 1.00 bits per heavy atom. The molecule has 0 fully saturated rings. The van der Waals surface area contributed by atoms with Crippen LogP contribution >= 0.6 is 25.3 Å². The fraction of sp³-hybridized carbons (Fsp3) is 0. The molecule has 0 aromatic rings. The molecule has 0 unspecified atom stereocenters. The van der Waals surface area contributed by atoms with Crippen molar-refractivity contribution in [3.8, 4) is 16.2 Å². The Hall–Kier alpha value is 0.350. The van der Waals surface area contributed by atoms with Gasteiger partial charge in [0.15, 0.2) is 0 Å². The van der Waals surface area contributed by atoms with Crippen LogP contribution in [0.3, 0.4) is 0 Å². The van der Waals surface area contributed by atoms with Crippen LogP contribution in [0.15, 0.2) is 0 Å². The first-order valence-corrected chi connectivity index (χ1v) is 2.62. The molecule has 0 bridgehead atoms. The van der Waals surface area contributed by atoms with Crippen molar-refractivity contribution in [2.45, 2.75) is 0 Å². The van der Waals surface area contributed by atoms with Crippen molar-refractivity contribution in [3.05, 3.63) is 0 Å². The summed E-state index contributed by atoms with van der Waals surface area (Å²) in [6.07, 6.45) is 0. The summed E-state index contributed by atoms with van der Waals surface area (Å²) in [6, 6.07) is 0. The molecule has 0 amide bonds. The van der Waals surface area contributed by atoms with E-state index in [1.165, 1.54) is 16.2 Å². The van der Waals surface area contributed by atoms with Crippen LogP contribution in [0.4, 0.5) is 0 Å². The summed E-state index contributed by atoms with van der Waals surface area (Å²) in [5.74, 6) is 0. The Kier molecular flexibility index (Phi) is 221. The van der Waals surface area contributed by atoms with E-state index in [1.807, 2.05) is 0 Å². The smallest absolute Gasteiger partial charge is 0.696 e. The van der Waals surface area contributed by atoms with Gasteiger partial charge >= 0.3 is 29.6 Å². The zero-order valence-corrected chi connectivity index (χ0v) is 10.5. The summed E-state index contributed by atoms with van der Waals surface area (Å²) < 4.78 is 0. The van der Waals surface area contributed by atoms with Crippen LogP contribution in [-0.2, 0) is 12.6 Å². The molecule has 4 nitrogen and oxygen atoms in total. The standard InChI is InChI=1S/3CHNS.H3N.Na/c3*2-1-3;;/h3*3H;1H3;/q;;;;+1/p-1.